The summed E-state index contributed by atoms with van der Waals surface area (Å²) in [6, 6.07) is 7.35. The van der Waals surface area contributed by atoms with Gasteiger partial charge in [0, 0.05) is 16.4 Å². The van der Waals surface area contributed by atoms with Crippen molar-refractivity contribution in [2.45, 2.75) is 32.1 Å². The number of carbonyl (C=O) groups is 2. The number of likely N-dealkylation sites (N-methyl/N-ethyl adjacent to an activating group) is 1. The number of esters is 1. The molecule has 1 amide bonds. The summed E-state index contributed by atoms with van der Waals surface area (Å²) in [5.74, 6) is 0.411. The quantitative estimate of drug-likeness (QED) is 0.696. The number of amides is 1. The van der Waals surface area contributed by atoms with Gasteiger partial charge in [0.15, 0.2) is 6.61 Å². The van der Waals surface area contributed by atoms with Gasteiger partial charge in [0.1, 0.15) is 5.75 Å². The van der Waals surface area contributed by atoms with E-state index in [2.05, 4.69) is 31.4 Å². The van der Waals surface area contributed by atoms with Gasteiger partial charge in [-0.3, -0.25) is 9.59 Å². The Bertz CT molecular complexity index is 775. The first-order chi connectivity index (χ1) is 13.0. The molecule has 3 rings (SSSR count). The average molecular weight is 454 g/mol. The van der Waals surface area contributed by atoms with Crippen molar-refractivity contribution in [3.63, 3.8) is 0 Å². The van der Waals surface area contributed by atoms with E-state index >= 15 is 0 Å². The van der Waals surface area contributed by atoms with Gasteiger partial charge in [-0.2, -0.15) is 0 Å². The van der Waals surface area contributed by atoms with E-state index in [0.717, 1.165) is 10.9 Å². The molecule has 1 aliphatic carbocycles. The summed E-state index contributed by atoms with van der Waals surface area (Å²) in [7, 11) is 3.02. The normalized spacial score (nSPS) is 12.3. The molecule has 0 bridgehead atoms. The standard InChI is InChI=1S/C11H14O2S.C9H10BrNO2/c1-13-11(12)6-8-7-14-10-5-3-2-4-9(8)10;1-11-9(12)6-13-8-4-2-3-7(10)5-8/h7H,2-6H2,1H3;2-5H,6H2,1H3,(H,11,12). The van der Waals surface area contributed by atoms with E-state index in [1.54, 1.807) is 24.5 Å². The van der Waals surface area contributed by atoms with Crippen LogP contribution in [0.3, 0.4) is 0 Å². The largest absolute Gasteiger partial charge is 0.484 e. The first-order valence-corrected chi connectivity index (χ1v) is 10.4. The van der Waals surface area contributed by atoms with Crippen LogP contribution in [0.15, 0.2) is 34.1 Å². The maximum Gasteiger partial charge on any atom is 0.310 e. The van der Waals surface area contributed by atoms with Gasteiger partial charge in [-0.05, 0) is 60.4 Å². The number of benzene rings is 1. The lowest BCUT2D eigenvalue weighted by atomic mass is 9.95. The summed E-state index contributed by atoms with van der Waals surface area (Å²) >= 11 is 5.10. The molecular weight excluding hydrogens is 430 g/mol. The monoisotopic (exact) mass is 453 g/mol. The van der Waals surface area contributed by atoms with Crippen LogP contribution in [0.2, 0.25) is 0 Å². The second kappa shape index (κ2) is 11.1. The van der Waals surface area contributed by atoms with E-state index in [0.29, 0.717) is 12.2 Å². The van der Waals surface area contributed by atoms with Crippen LogP contribution in [-0.2, 0) is 33.6 Å². The Hall–Kier alpha value is -1.86. The fraction of sp³-hybridized carbons (Fsp3) is 0.400. The number of hydrogen-bond donors (Lipinski definition) is 1. The minimum absolute atomic E-state index is 0.0486. The molecule has 7 heteroatoms. The average Bonchev–Trinajstić information content (AvgIpc) is 3.09. The second-order valence-corrected chi connectivity index (χ2v) is 7.92. The van der Waals surface area contributed by atoms with Crippen LogP contribution in [0.25, 0.3) is 0 Å². The molecule has 0 saturated carbocycles. The number of halogens is 1. The Morgan fingerprint density at radius 1 is 1.26 bits per heavy atom. The molecule has 2 aromatic rings. The van der Waals surface area contributed by atoms with Crippen LogP contribution in [0.4, 0.5) is 0 Å². The molecule has 1 aliphatic rings. The number of methoxy groups -OCH3 is 1. The Kier molecular flexibility index (Phi) is 8.81. The highest BCUT2D eigenvalue weighted by molar-refractivity contribution is 9.10. The SMILES string of the molecule is CNC(=O)COc1cccc(Br)c1.COC(=O)Cc1csc2c1CCCC2. The summed E-state index contributed by atoms with van der Waals surface area (Å²) < 4.78 is 10.8. The van der Waals surface area contributed by atoms with Crippen LogP contribution in [0.1, 0.15) is 28.8 Å². The molecular formula is C20H24BrNO4S. The summed E-state index contributed by atoms with van der Waals surface area (Å²) in [6.07, 6.45) is 5.34. The molecule has 27 heavy (non-hydrogen) atoms. The minimum atomic E-state index is -0.139. The summed E-state index contributed by atoms with van der Waals surface area (Å²) in [4.78, 5) is 23.5. The molecule has 0 fully saturated rings. The van der Waals surface area contributed by atoms with Crippen LogP contribution < -0.4 is 10.1 Å². The third-order valence-corrected chi connectivity index (χ3v) is 5.79. The number of thiophene rings is 1. The number of ether oxygens (including phenoxy) is 2. The molecule has 0 radical (unpaired) electrons. The van der Waals surface area contributed by atoms with Crippen molar-refractivity contribution < 1.29 is 19.1 Å². The number of fused-ring (bicyclic) bond motifs is 1. The topological polar surface area (TPSA) is 64.6 Å². The van der Waals surface area contributed by atoms with E-state index < -0.39 is 0 Å². The van der Waals surface area contributed by atoms with Crippen molar-refractivity contribution in [3.05, 3.63) is 50.1 Å². The molecule has 0 spiro atoms. The van der Waals surface area contributed by atoms with Gasteiger partial charge in [0.2, 0.25) is 0 Å². The fourth-order valence-electron chi connectivity index (χ4n) is 2.71. The number of hydrogen-bond acceptors (Lipinski definition) is 5. The maximum atomic E-state index is 11.1. The Labute approximate surface area is 172 Å². The highest BCUT2D eigenvalue weighted by atomic mass is 79.9. The van der Waals surface area contributed by atoms with Gasteiger partial charge >= 0.3 is 5.97 Å². The highest BCUT2D eigenvalue weighted by Crippen LogP contribution is 2.30. The first-order valence-electron chi connectivity index (χ1n) is 8.77. The van der Waals surface area contributed by atoms with Gasteiger partial charge < -0.3 is 14.8 Å². The maximum absolute atomic E-state index is 11.1. The van der Waals surface area contributed by atoms with Crippen LogP contribution >= 0.6 is 27.3 Å². The molecule has 0 atom stereocenters. The van der Waals surface area contributed by atoms with Gasteiger partial charge in [0.25, 0.3) is 5.91 Å². The predicted molar refractivity (Wildman–Crippen MR) is 110 cm³/mol. The molecule has 1 aromatic heterocycles. The van der Waals surface area contributed by atoms with E-state index in [-0.39, 0.29) is 18.5 Å². The third-order valence-electron chi connectivity index (χ3n) is 4.16. The van der Waals surface area contributed by atoms with Crippen LogP contribution in [-0.4, -0.2) is 32.6 Å². The Morgan fingerprint density at radius 3 is 2.74 bits per heavy atom. The molecule has 0 aliphatic heterocycles. The van der Waals surface area contributed by atoms with Gasteiger partial charge in [-0.15, -0.1) is 11.3 Å². The zero-order valence-corrected chi connectivity index (χ0v) is 18.0. The lowest BCUT2D eigenvalue weighted by Gasteiger charge is -2.12. The molecule has 1 N–H and O–H groups in total. The predicted octanol–water partition coefficient (Wildman–Crippen LogP) is 3.92. The Balaban J connectivity index is 0.000000194. The molecule has 5 nitrogen and oxygen atoms in total. The van der Waals surface area contributed by atoms with Gasteiger partial charge in [-0.25, -0.2) is 0 Å². The van der Waals surface area contributed by atoms with E-state index in [1.165, 1.54) is 42.4 Å². The summed E-state index contributed by atoms with van der Waals surface area (Å²) in [6.45, 7) is 0.0486. The van der Waals surface area contributed by atoms with Crippen molar-refractivity contribution in [2.24, 2.45) is 0 Å². The second-order valence-electron chi connectivity index (χ2n) is 6.04. The number of aryl methyl sites for hydroxylation is 1. The van der Waals surface area contributed by atoms with Gasteiger partial charge in [-0.1, -0.05) is 22.0 Å². The number of nitrogens with one attached hydrogen (secondary N) is 1. The molecule has 1 heterocycles. The lowest BCUT2D eigenvalue weighted by Crippen LogP contribution is -2.24. The minimum Gasteiger partial charge on any atom is -0.484 e. The zero-order chi connectivity index (χ0) is 19.6. The zero-order valence-electron chi connectivity index (χ0n) is 15.5. The van der Waals surface area contributed by atoms with Crippen molar-refractivity contribution in [1.82, 2.24) is 5.32 Å². The summed E-state index contributed by atoms with van der Waals surface area (Å²) in [5.41, 5.74) is 2.61. The number of rotatable bonds is 5. The van der Waals surface area contributed by atoms with Crippen molar-refractivity contribution >= 4 is 39.1 Å². The Morgan fingerprint density at radius 2 is 2.04 bits per heavy atom. The van der Waals surface area contributed by atoms with Crippen molar-refractivity contribution in [1.29, 1.82) is 0 Å². The highest BCUT2D eigenvalue weighted by Gasteiger charge is 2.17. The van der Waals surface area contributed by atoms with E-state index in [9.17, 15) is 9.59 Å². The van der Waals surface area contributed by atoms with E-state index in [4.69, 9.17) is 4.74 Å². The summed E-state index contributed by atoms with van der Waals surface area (Å²) in [5, 5.41) is 4.59. The van der Waals surface area contributed by atoms with E-state index in [1.807, 2.05) is 18.2 Å². The third kappa shape index (κ3) is 6.99. The molecule has 146 valence electrons. The van der Waals surface area contributed by atoms with Crippen LogP contribution in [0.5, 0.6) is 5.75 Å². The molecule has 0 saturated heterocycles. The van der Waals surface area contributed by atoms with Crippen molar-refractivity contribution in [2.75, 3.05) is 20.8 Å². The van der Waals surface area contributed by atoms with Gasteiger partial charge in [0.05, 0.1) is 13.5 Å². The van der Waals surface area contributed by atoms with Crippen molar-refractivity contribution in [3.8, 4) is 5.75 Å². The van der Waals surface area contributed by atoms with Crippen LogP contribution in [0, 0.1) is 0 Å². The molecule has 0 unspecified atom stereocenters. The fourth-order valence-corrected chi connectivity index (χ4v) is 4.24. The first kappa shape index (κ1) is 21.4. The number of carbonyl (C=O) groups excluding carboxylic acids is 2. The lowest BCUT2D eigenvalue weighted by molar-refractivity contribution is -0.139. The molecule has 1 aromatic carbocycles. The smallest absolute Gasteiger partial charge is 0.310 e.